The largest absolute Gasteiger partial charge is 0.347 e. The average Bonchev–Trinajstić information content (AvgIpc) is 2.81. The zero-order valence-electron chi connectivity index (χ0n) is 12.6. The second-order valence-electron chi connectivity index (χ2n) is 6.90. The van der Waals surface area contributed by atoms with Gasteiger partial charge in [0.25, 0.3) is 0 Å². The monoisotopic (exact) mass is 267 g/mol. The average molecular weight is 267 g/mol. The smallest absolute Gasteiger partial charge is 0.0482 e. The maximum atomic E-state index is 2.45. The van der Waals surface area contributed by atoms with Crippen LogP contribution in [0.2, 0.25) is 0 Å². The van der Waals surface area contributed by atoms with Crippen molar-refractivity contribution in [3.63, 3.8) is 0 Å². The van der Waals surface area contributed by atoms with E-state index in [0.29, 0.717) is 0 Å². The molecule has 0 bridgehead atoms. The Kier molecular flexibility index (Phi) is 3.09. The maximum Gasteiger partial charge on any atom is 0.0482 e. The van der Waals surface area contributed by atoms with E-state index in [-0.39, 0.29) is 0 Å². The van der Waals surface area contributed by atoms with Crippen LogP contribution in [-0.4, -0.2) is 4.57 Å². The highest BCUT2D eigenvalue weighted by atomic mass is 15.0. The highest BCUT2D eigenvalue weighted by Crippen LogP contribution is 2.40. The molecule has 1 nitrogen and oxygen atoms in total. The molecule has 1 heterocycles. The van der Waals surface area contributed by atoms with Crippen LogP contribution in [0.1, 0.15) is 49.8 Å². The van der Waals surface area contributed by atoms with Crippen molar-refractivity contribution in [3.8, 4) is 0 Å². The first-order chi connectivity index (χ1) is 9.84. The third-order valence-corrected chi connectivity index (χ3v) is 5.88. The van der Waals surface area contributed by atoms with Gasteiger partial charge in [0.1, 0.15) is 0 Å². The fourth-order valence-electron chi connectivity index (χ4n) is 4.77. The summed E-state index contributed by atoms with van der Waals surface area (Å²) in [5.74, 6) is 1.96. The summed E-state index contributed by atoms with van der Waals surface area (Å²) in [5, 5.41) is 1.52. The van der Waals surface area contributed by atoms with Crippen LogP contribution in [0, 0.1) is 11.8 Å². The minimum atomic E-state index is 0.952. The van der Waals surface area contributed by atoms with Gasteiger partial charge in [-0.25, -0.2) is 0 Å². The SMILES string of the molecule is Cn1c2c(c3ccccc31)CC(C1CCCCC1)CC2. The van der Waals surface area contributed by atoms with Crippen molar-refractivity contribution in [1.29, 1.82) is 0 Å². The first-order valence-corrected chi connectivity index (χ1v) is 8.40. The standard InChI is InChI=1S/C19H25N/c1-20-18-10-6-5-9-16(18)17-13-15(11-12-19(17)20)14-7-3-2-4-8-14/h5-6,9-10,14-15H,2-4,7-8,11-13H2,1H3. The van der Waals surface area contributed by atoms with Crippen molar-refractivity contribution in [2.24, 2.45) is 18.9 Å². The third kappa shape index (κ3) is 1.90. The van der Waals surface area contributed by atoms with Crippen molar-refractivity contribution < 1.29 is 0 Å². The molecule has 4 rings (SSSR count). The fraction of sp³-hybridized carbons (Fsp3) is 0.579. The molecule has 20 heavy (non-hydrogen) atoms. The molecule has 1 aromatic carbocycles. The number of benzene rings is 1. The summed E-state index contributed by atoms with van der Waals surface area (Å²) in [7, 11) is 2.25. The molecule has 0 N–H and O–H groups in total. The summed E-state index contributed by atoms with van der Waals surface area (Å²) in [4.78, 5) is 0. The number of hydrogen-bond acceptors (Lipinski definition) is 0. The van der Waals surface area contributed by atoms with E-state index in [2.05, 4.69) is 35.9 Å². The summed E-state index contributed by atoms with van der Waals surface area (Å²) < 4.78 is 2.45. The van der Waals surface area contributed by atoms with Gasteiger partial charge < -0.3 is 4.57 Å². The Morgan fingerprint density at radius 1 is 0.950 bits per heavy atom. The quantitative estimate of drug-likeness (QED) is 0.695. The lowest BCUT2D eigenvalue weighted by Gasteiger charge is -2.33. The van der Waals surface area contributed by atoms with Crippen molar-refractivity contribution in [2.45, 2.75) is 51.4 Å². The highest BCUT2D eigenvalue weighted by molar-refractivity contribution is 5.85. The van der Waals surface area contributed by atoms with Crippen LogP contribution in [-0.2, 0) is 19.9 Å². The first-order valence-electron chi connectivity index (χ1n) is 8.40. The van der Waals surface area contributed by atoms with Gasteiger partial charge in [0, 0.05) is 23.6 Å². The summed E-state index contributed by atoms with van der Waals surface area (Å²) >= 11 is 0. The lowest BCUT2D eigenvalue weighted by Crippen LogP contribution is -2.24. The molecule has 0 radical (unpaired) electrons. The Balaban J connectivity index is 1.69. The van der Waals surface area contributed by atoms with Gasteiger partial charge in [-0.05, 0) is 42.7 Å². The van der Waals surface area contributed by atoms with E-state index in [9.17, 15) is 0 Å². The van der Waals surface area contributed by atoms with Gasteiger partial charge in [-0.1, -0.05) is 50.3 Å². The van der Waals surface area contributed by atoms with Crippen LogP contribution < -0.4 is 0 Å². The molecule has 0 saturated heterocycles. The number of rotatable bonds is 1. The minimum Gasteiger partial charge on any atom is -0.347 e. The van der Waals surface area contributed by atoms with Gasteiger partial charge in [0.05, 0.1) is 0 Å². The summed E-state index contributed by atoms with van der Waals surface area (Å²) in [6.07, 6.45) is 11.5. The third-order valence-electron chi connectivity index (χ3n) is 5.88. The second-order valence-corrected chi connectivity index (χ2v) is 6.90. The van der Waals surface area contributed by atoms with E-state index in [1.165, 1.54) is 62.3 Å². The van der Waals surface area contributed by atoms with Crippen LogP contribution in [0.4, 0.5) is 0 Å². The molecule has 2 aliphatic carbocycles. The number of hydrogen-bond donors (Lipinski definition) is 0. The Hall–Kier alpha value is -1.24. The van der Waals surface area contributed by atoms with E-state index >= 15 is 0 Å². The number of nitrogens with zero attached hydrogens (tertiary/aromatic N) is 1. The molecule has 1 unspecified atom stereocenters. The molecule has 1 aromatic heterocycles. The zero-order valence-corrected chi connectivity index (χ0v) is 12.6. The molecule has 0 aliphatic heterocycles. The molecule has 1 heteroatoms. The molecule has 0 amide bonds. The van der Waals surface area contributed by atoms with E-state index in [1.807, 2.05) is 0 Å². The van der Waals surface area contributed by atoms with Crippen LogP contribution >= 0.6 is 0 Å². The van der Waals surface area contributed by atoms with Crippen molar-refractivity contribution in [1.82, 2.24) is 4.57 Å². The Morgan fingerprint density at radius 3 is 2.60 bits per heavy atom. The molecule has 2 aliphatic rings. The second kappa shape index (κ2) is 4.95. The van der Waals surface area contributed by atoms with Crippen molar-refractivity contribution >= 4 is 10.9 Å². The lowest BCUT2D eigenvalue weighted by molar-refractivity contribution is 0.227. The first kappa shape index (κ1) is 12.5. The number of aryl methyl sites for hydroxylation is 1. The van der Waals surface area contributed by atoms with E-state index in [0.717, 1.165) is 11.8 Å². The fourth-order valence-corrected chi connectivity index (χ4v) is 4.77. The predicted octanol–water partition coefficient (Wildman–Crippen LogP) is 4.86. The molecule has 106 valence electrons. The van der Waals surface area contributed by atoms with Gasteiger partial charge in [0.15, 0.2) is 0 Å². The maximum absolute atomic E-state index is 2.45. The predicted molar refractivity (Wildman–Crippen MR) is 85.0 cm³/mol. The van der Waals surface area contributed by atoms with Crippen molar-refractivity contribution in [3.05, 3.63) is 35.5 Å². The molecular weight excluding hydrogens is 242 g/mol. The Bertz CT molecular complexity index is 616. The zero-order chi connectivity index (χ0) is 13.5. The molecule has 1 saturated carbocycles. The molecular formula is C19H25N. The summed E-state index contributed by atoms with van der Waals surface area (Å²) in [5.41, 5.74) is 4.71. The van der Waals surface area contributed by atoms with Gasteiger partial charge in [-0.2, -0.15) is 0 Å². The lowest BCUT2D eigenvalue weighted by atomic mass is 9.72. The summed E-state index contributed by atoms with van der Waals surface area (Å²) in [6, 6.07) is 8.99. The van der Waals surface area contributed by atoms with Crippen LogP contribution in [0.3, 0.4) is 0 Å². The van der Waals surface area contributed by atoms with Crippen LogP contribution in [0.25, 0.3) is 10.9 Å². The van der Waals surface area contributed by atoms with Crippen LogP contribution in [0.15, 0.2) is 24.3 Å². The minimum absolute atomic E-state index is 0.952. The highest BCUT2D eigenvalue weighted by Gasteiger charge is 2.30. The Morgan fingerprint density at radius 2 is 1.75 bits per heavy atom. The van der Waals surface area contributed by atoms with E-state index < -0.39 is 0 Å². The normalized spacial score (nSPS) is 23.9. The Labute approximate surface area is 122 Å². The molecule has 1 atom stereocenters. The van der Waals surface area contributed by atoms with Crippen molar-refractivity contribution in [2.75, 3.05) is 0 Å². The molecule has 2 aromatic rings. The van der Waals surface area contributed by atoms with Crippen LogP contribution in [0.5, 0.6) is 0 Å². The van der Waals surface area contributed by atoms with Gasteiger partial charge >= 0.3 is 0 Å². The molecule has 1 fully saturated rings. The van der Waals surface area contributed by atoms with Gasteiger partial charge in [-0.3, -0.25) is 0 Å². The topological polar surface area (TPSA) is 4.93 Å². The summed E-state index contributed by atoms with van der Waals surface area (Å²) in [6.45, 7) is 0. The van der Waals surface area contributed by atoms with E-state index in [1.54, 1.807) is 11.3 Å². The number of aromatic nitrogens is 1. The number of fused-ring (bicyclic) bond motifs is 3. The van der Waals surface area contributed by atoms with Gasteiger partial charge in [-0.15, -0.1) is 0 Å². The van der Waals surface area contributed by atoms with Gasteiger partial charge in [0.2, 0.25) is 0 Å². The van der Waals surface area contributed by atoms with E-state index in [4.69, 9.17) is 0 Å². The molecule has 0 spiro atoms. The number of para-hydroxylation sites is 1.